The Hall–Kier alpha value is -2.54. The maximum absolute atomic E-state index is 5.73. The fraction of sp³-hybridized carbons (Fsp3) is 0.444. The quantitative estimate of drug-likeness (QED) is 0.724. The highest BCUT2D eigenvalue weighted by Crippen LogP contribution is 2.38. The van der Waals surface area contributed by atoms with Crippen LogP contribution in [0.4, 0.5) is 0 Å². The van der Waals surface area contributed by atoms with Crippen molar-refractivity contribution >= 4 is 0 Å². The molecule has 2 aromatic heterocycles. The fourth-order valence-corrected chi connectivity index (χ4v) is 3.45. The molecule has 1 aliphatic heterocycles. The van der Waals surface area contributed by atoms with Crippen LogP contribution in [0.1, 0.15) is 59.4 Å². The van der Waals surface area contributed by atoms with Crippen LogP contribution in [0.25, 0.3) is 0 Å². The standard InChI is InChI=1S/C18H19N5O2/c1-11-20-21-18(24-11)15-8-13-4-2-3-5-14(13)9-23(15)10-16-19-17(22-25-16)12-6-7-12/h2-5,12,15H,6-10H2,1H3. The summed E-state index contributed by atoms with van der Waals surface area (Å²) in [7, 11) is 0. The molecule has 7 nitrogen and oxygen atoms in total. The van der Waals surface area contributed by atoms with Crippen LogP contribution in [-0.4, -0.2) is 25.2 Å². The maximum atomic E-state index is 5.73. The van der Waals surface area contributed by atoms with E-state index in [2.05, 4.69) is 49.5 Å². The van der Waals surface area contributed by atoms with Crippen molar-refractivity contribution in [2.75, 3.05) is 0 Å². The molecule has 0 bridgehead atoms. The summed E-state index contributed by atoms with van der Waals surface area (Å²) in [6.07, 6.45) is 3.17. The van der Waals surface area contributed by atoms with Gasteiger partial charge in [-0.15, -0.1) is 10.2 Å². The van der Waals surface area contributed by atoms with Crippen molar-refractivity contribution in [1.29, 1.82) is 0 Å². The molecule has 5 rings (SSSR count). The minimum Gasteiger partial charge on any atom is -0.424 e. The third-order valence-electron chi connectivity index (χ3n) is 4.94. The number of rotatable bonds is 4. The van der Waals surface area contributed by atoms with Gasteiger partial charge in [-0.3, -0.25) is 4.90 Å². The summed E-state index contributed by atoms with van der Waals surface area (Å²) in [5.74, 6) is 3.23. The molecule has 25 heavy (non-hydrogen) atoms. The molecule has 0 N–H and O–H groups in total. The van der Waals surface area contributed by atoms with Crippen molar-refractivity contribution < 1.29 is 8.94 Å². The lowest BCUT2D eigenvalue weighted by Crippen LogP contribution is -2.34. The van der Waals surface area contributed by atoms with Gasteiger partial charge in [-0.2, -0.15) is 4.98 Å². The van der Waals surface area contributed by atoms with Crippen LogP contribution >= 0.6 is 0 Å². The number of nitrogens with zero attached hydrogens (tertiary/aromatic N) is 5. The van der Waals surface area contributed by atoms with E-state index < -0.39 is 0 Å². The number of benzene rings is 1. The van der Waals surface area contributed by atoms with Crippen LogP contribution in [0.3, 0.4) is 0 Å². The van der Waals surface area contributed by atoms with E-state index in [0.717, 1.165) is 18.8 Å². The third-order valence-corrected chi connectivity index (χ3v) is 4.94. The van der Waals surface area contributed by atoms with Gasteiger partial charge in [-0.1, -0.05) is 29.4 Å². The van der Waals surface area contributed by atoms with E-state index in [1.165, 1.54) is 24.0 Å². The Balaban J connectivity index is 1.45. The van der Waals surface area contributed by atoms with Gasteiger partial charge < -0.3 is 8.94 Å². The number of aromatic nitrogens is 4. The molecule has 0 radical (unpaired) electrons. The second kappa shape index (κ2) is 5.77. The molecule has 0 amide bonds. The van der Waals surface area contributed by atoms with Crippen molar-refractivity contribution in [2.45, 2.75) is 51.2 Å². The lowest BCUT2D eigenvalue weighted by atomic mass is 9.94. The van der Waals surface area contributed by atoms with E-state index in [0.29, 0.717) is 30.1 Å². The Labute approximate surface area is 145 Å². The predicted molar refractivity (Wildman–Crippen MR) is 87.4 cm³/mol. The molecule has 3 heterocycles. The smallest absolute Gasteiger partial charge is 0.240 e. The summed E-state index contributed by atoms with van der Waals surface area (Å²) in [5, 5.41) is 12.4. The van der Waals surface area contributed by atoms with E-state index in [4.69, 9.17) is 8.94 Å². The minimum absolute atomic E-state index is 0.0207. The molecule has 0 saturated heterocycles. The van der Waals surface area contributed by atoms with Crippen LogP contribution in [0.15, 0.2) is 33.2 Å². The highest BCUT2D eigenvalue weighted by molar-refractivity contribution is 5.30. The second-order valence-corrected chi connectivity index (χ2v) is 6.87. The largest absolute Gasteiger partial charge is 0.424 e. The number of hydrogen-bond donors (Lipinski definition) is 0. The second-order valence-electron chi connectivity index (χ2n) is 6.87. The average Bonchev–Trinajstić information content (AvgIpc) is 3.22. The monoisotopic (exact) mass is 337 g/mol. The van der Waals surface area contributed by atoms with Gasteiger partial charge in [-0.05, 0) is 30.4 Å². The molecule has 1 atom stereocenters. The molecule has 7 heteroatoms. The van der Waals surface area contributed by atoms with Gasteiger partial charge in [0.1, 0.15) is 0 Å². The van der Waals surface area contributed by atoms with Crippen LogP contribution in [-0.2, 0) is 19.5 Å². The Morgan fingerprint density at radius 1 is 1.16 bits per heavy atom. The zero-order valence-corrected chi connectivity index (χ0v) is 14.1. The summed E-state index contributed by atoms with van der Waals surface area (Å²) < 4.78 is 11.2. The molecule has 0 spiro atoms. The summed E-state index contributed by atoms with van der Waals surface area (Å²) in [6, 6.07) is 8.51. The summed E-state index contributed by atoms with van der Waals surface area (Å²) in [4.78, 5) is 6.85. The molecular weight excluding hydrogens is 318 g/mol. The van der Waals surface area contributed by atoms with Crippen molar-refractivity contribution in [3.05, 3.63) is 58.9 Å². The first-order valence-electron chi connectivity index (χ1n) is 8.69. The van der Waals surface area contributed by atoms with E-state index in [1.807, 2.05) is 6.92 Å². The fourth-order valence-electron chi connectivity index (χ4n) is 3.45. The van der Waals surface area contributed by atoms with Crippen molar-refractivity contribution in [1.82, 2.24) is 25.2 Å². The molecular formula is C18H19N5O2. The van der Waals surface area contributed by atoms with Crippen LogP contribution in [0.2, 0.25) is 0 Å². The Kier molecular flexibility index (Phi) is 3.41. The third kappa shape index (κ3) is 2.84. The van der Waals surface area contributed by atoms with E-state index in [9.17, 15) is 0 Å². The molecule has 1 saturated carbocycles. The van der Waals surface area contributed by atoms with Crippen LogP contribution in [0.5, 0.6) is 0 Å². The molecule has 1 unspecified atom stereocenters. The molecule has 128 valence electrons. The van der Waals surface area contributed by atoms with Gasteiger partial charge in [-0.25, -0.2) is 0 Å². The van der Waals surface area contributed by atoms with Crippen LogP contribution < -0.4 is 0 Å². The Morgan fingerprint density at radius 3 is 2.76 bits per heavy atom. The van der Waals surface area contributed by atoms with Gasteiger partial charge in [0.15, 0.2) is 5.82 Å². The predicted octanol–water partition coefficient (Wildman–Crippen LogP) is 2.94. The number of hydrogen-bond acceptors (Lipinski definition) is 7. The highest BCUT2D eigenvalue weighted by atomic mass is 16.5. The molecule has 1 aromatic carbocycles. The normalized spacial score (nSPS) is 20.6. The minimum atomic E-state index is 0.0207. The highest BCUT2D eigenvalue weighted by Gasteiger charge is 2.33. The molecule has 2 aliphatic rings. The first-order valence-corrected chi connectivity index (χ1v) is 8.69. The molecule has 3 aromatic rings. The maximum Gasteiger partial charge on any atom is 0.240 e. The lowest BCUT2D eigenvalue weighted by Gasteiger charge is -2.33. The molecule has 1 fully saturated rings. The Bertz CT molecular complexity index is 898. The van der Waals surface area contributed by atoms with Crippen molar-refractivity contribution in [2.24, 2.45) is 0 Å². The van der Waals surface area contributed by atoms with E-state index in [1.54, 1.807) is 0 Å². The van der Waals surface area contributed by atoms with Crippen molar-refractivity contribution in [3.8, 4) is 0 Å². The van der Waals surface area contributed by atoms with Gasteiger partial charge >= 0.3 is 0 Å². The zero-order valence-electron chi connectivity index (χ0n) is 14.1. The van der Waals surface area contributed by atoms with Crippen molar-refractivity contribution in [3.63, 3.8) is 0 Å². The van der Waals surface area contributed by atoms with Gasteiger partial charge in [0.05, 0.1) is 12.6 Å². The first-order chi connectivity index (χ1) is 12.3. The van der Waals surface area contributed by atoms with Crippen LogP contribution in [0, 0.1) is 6.92 Å². The SMILES string of the molecule is Cc1nnc(C2Cc3ccccc3CN2Cc2nc(C3CC3)no2)o1. The summed E-state index contributed by atoms with van der Waals surface area (Å²) >= 11 is 0. The average molecular weight is 337 g/mol. The summed E-state index contributed by atoms with van der Waals surface area (Å²) in [5.41, 5.74) is 2.64. The molecule has 1 aliphatic carbocycles. The zero-order chi connectivity index (χ0) is 16.8. The first kappa shape index (κ1) is 14.8. The van der Waals surface area contributed by atoms with Gasteiger partial charge in [0.2, 0.25) is 17.7 Å². The van der Waals surface area contributed by atoms with Gasteiger partial charge in [0.25, 0.3) is 0 Å². The number of fused-ring (bicyclic) bond motifs is 1. The number of aryl methyl sites for hydroxylation is 1. The summed E-state index contributed by atoms with van der Waals surface area (Å²) in [6.45, 7) is 3.20. The van der Waals surface area contributed by atoms with E-state index in [-0.39, 0.29) is 6.04 Å². The lowest BCUT2D eigenvalue weighted by molar-refractivity contribution is 0.121. The van der Waals surface area contributed by atoms with E-state index >= 15 is 0 Å². The topological polar surface area (TPSA) is 81.1 Å². The van der Waals surface area contributed by atoms with Gasteiger partial charge in [0, 0.05) is 19.4 Å². The Morgan fingerprint density at radius 2 is 2.00 bits per heavy atom.